The molecule has 0 unspecified atom stereocenters. The van der Waals surface area contributed by atoms with Crippen molar-refractivity contribution < 1.29 is 9.53 Å². The molecule has 3 rings (SSSR count). The average molecular weight is 314 g/mol. The van der Waals surface area contributed by atoms with Crippen LogP contribution in [0.5, 0.6) is 5.75 Å². The highest BCUT2D eigenvalue weighted by atomic mass is 16.5. The van der Waals surface area contributed by atoms with E-state index in [0.717, 1.165) is 29.9 Å². The summed E-state index contributed by atoms with van der Waals surface area (Å²) in [5.74, 6) is 1.22. The molecule has 0 spiro atoms. The van der Waals surface area contributed by atoms with Crippen LogP contribution in [0.3, 0.4) is 0 Å². The van der Waals surface area contributed by atoms with Crippen molar-refractivity contribution in [1.29, 1.82) is 0 Å². The second kappa shape index (κ2) is 5.36. The molecule has 2 fully saturated rings. The zero-order valence-corrected chi connectivity index (χ0v) is 14.7. The Kier molecular flexibility index (Phi) is 3.74. The summed E-state index contributed by atoms with van der Waals surface area (Å²) in [6.45, 7) is 8.92. The van der Waals surface area contributed by atoms with E-state index in [1.54, 1.807) is 19.2 Å². The average Bonchev–Trinajstić information content (AvgIpc) is 2.86. The molecule has 0 radical (unpaired) electrons. The van der Waals surface area contributed by atoms with Crippen LogP contribution in [-0.4, -0.2) is 18.7 Å². The van der Waals surface area contributed by atoms with E-state index in [0.29, 0.717) is 11.5 Å². The lowest BCUT2D eigenvalue weighted by atomic mass is 9.70. The number of hydrogen-bond donors (Lipinski definition) is 1. The van der Waals surface area contributed by atoms with E-state index in [1.807, 2.05) is 13.0 Å². The van der Waals surface area contributed by atoms with Crippen molar-refractivity contribution in [3.05, 3.63) is 29.3 Å². The lowest BCUT2D eigenvalue weighted by molar-refractivity contribution is 0.0953. The van der Waals surface area contributed by atoms with Crippen LogP contribution in [0.2, 0.25) is 0 Å². The first kappa shape index (κ1) is 16.0. The minimum Gasteiger partial charge on any atom is -0.496 e. The molecule has 2 saturated carbocycles. The van der Waals surface area contributed by atoms with Gasteiger partial charge in [-0.15, -0.1) is 0 Å². The van der Waals surface area contributed by atoms with Gasteiger partial charge in [-0.3, -0.25) is 4.79 Å². The SMILES string of the molecule is COc1cc(C(=O)N/N=C2/C[C@@H]3CC[C@]2(C)C3(C)C)ccc1C. The third kappa shape index (κ3) is 2.35. The Labute approximate surface area is 138 Å². The van der Waals surface area contributed by atoms with E-state index in [9.17, 15) is 4.79 Å². The zero-order chi connectivity index (χ0) is 16.8. The summed E-state index contributed by atoms with van der Waals surface area (Å²) in [5, 5.41) is 4.50. The summed E-state index contributed by atoms with van der Waals surface area (Å²) >= 11 is 0. The summed E-state index contributed by atoms with van der Waals surface area (Å²) in [4.78, 5) is 12.4. The summed E-state index contributed by atoms with van der Waals surface area (Å²) in [6.07, 6.45) is 3.43. The molecule has 0 saturated heterocycles. The maximum absolute atomic E-state index is 12.4. The first-order valence-electron chi connectivity index (χ1n) is 8.31. The van der Waals surface area contributed by atoms with Crippen LogP contribution in [0.15, 0.2) is 23.3 Å². The number of fused-ring (bicyclic) bond motifs is 2. The van der Waals surface area contributed by atoms with Gasteiger partial charge in [0.05, 0.1) is 7.11 Å². The largest absolute Gasteiger partial charge is 0.496 e. The van der Waals surface area contributed by atoms with Crippen LogP contribution in [-0.2, 0) is 0 Å². The molecule has 2 bridgehead atoms. The molecule has 0 heterocycles. The standard InChI is InChI=1S/C19H26N2O2/c1-12-6-7-13(10-15(12)23-5)17(22)21-20-16-11-14-8-9-19(16,4)18(14,2)3/h6-7,10,14H,8-9,11H2,1-5H3,(H,21,22)/b20-16-/t14-,19-/m0/s1. The fourth-order valence-corrected chi connectivity index (χ4v) is 4.24. The number of aryl methyl sites for hydroxylation is 1. The molecule has 2 aliphatic carbocycles. The van der Waals surface area contributed by atoms with Crippen molar-refractivity contribution in [1.82, 2.24) is 5.43 Å². The number of ether oxygens (including phenoxy) is 1. The predicted octanol–water partition coefficient (Wildman–Crippen LogP) is 3.94. The minimum atomic E-state index is -0.181. The first-order valence-corrected chi connectivity index (χ1v) is 8.31. The number of benzene rings is 1. The van der Waals surface area contributed by atoms with E-state index in [2.05, 4.69) is 31.3 Å². The molecule has 1 N–H and O–H groups in total. The van der Waals surface area contributed by atoms with Crippen molar-refractivity contribution in [2.75, 3.05) is 7.11 Å². The molecule has 23 heavy (non-hydrogen) atoms. The van der Waals surface area contributed by atoms with Crippen LogP contribution in [0, 0.1) is 23.7 Å². The highest BCUT2D eigenvalue weighted by molar-refractivity contribution is 5.98. The van der Waals surface area contributed by atoms with Gasteiger partial charge in [0, 0.05) is 16.7 Å². The van der Waals surface area contributed by atoms with Crippen LogP contribution in [0.25, 0.3) is 0 Å². The van der Waals surface area contributed by atoms with Gasteiger partial charge in [-0.1, -0.05) is 26.8 Å². The second-order valence-corrected chi connectivity index (χ2v) is 7.68. The van der Waals surface area contributed by atoms with E-state index in [4.69, 9.17) is 4.74 Å². The second-order valence-electron chi connectivity index (χ2n) is 7.68. The monoisotopic (exact) mass is 314 g/mol. The van der Waals surface area contributed by atoms with E-state index < -0.39 is 0 Å². The Hall–Kier alpha value is -1.84. The Balaban J connectivity index is 1.77. The summed E-state index contributed by atoms with van der Waals surface area (Å²) in [7, 11) is 1.61. The molecule has 4 nitrogen and oxygen atoms in total. The molecular formula is C19H26N2O2. The van der Waals surface area contributed by atoms with Gasteiger partial charge in [0.15, 0.2) is 0 Å². The number of hydrazone groups is 1. The Morgan fingerprint density at radius 3 is 2.65 bits per heavy atom. The number of carbonyl (C=O) groups is 1. The third-order valence-corrected chi connectivity index (χ3v) is 6.47. The van der Waals surface area contributed by atoms with E-state index in [1.165, 1.54) is 6.42 Å². The quantitative estimate of drug-likeness (QED) is 0.859. The molecule has 2 aliphatic rings. The first-order chi connectivity index (χ1) is 10.8. The fraction of sp³-hybridized carbons (Fsp3) is 0.579. The molecule has 0 aliphatic heterocycles. The van der Waals surface area contributed by atoms with Gasteiger partial charge in [-0.2, -0.15) is 5.10 Å². The molecular weight excluding hydrogens is 288 g/mol. The molecule has 124 valence electrons. The van der Waals surface area contributed by atoms with Gasteiger partial charge in [-0.05, 0) is 55.2 Å². The maximum Gasteiger partial charge on any atom is 0.271 e. The van der Waals surface area contributed by atoms with Crippen molar-refractivity contribution in [2.24, 2.45) is 21.8 Å². The van der Waals surface area contributed by atoms with Gasteiger partial charge in [0.1, 0.15) is 5.75 Å². The van der Waals surface area contributed by atoms with Gasteiger partial charge >= 0.3 is 0 Å². The maximum atomic E-state index is 12.4. The third-order valence-electron chi connectivity index (χ3n) is 6.47. The summed E-state index contributed by atoms with van der Waals surface area (Å²) in [6, 6.07) is 5.46. The number of carbonyl (C=O) groups excluding carboxylic acids is 1. The lowest BCUT2D eigenvalue weighted by Crippen LogP contribution is -2.34. The molecule has 1 aromatic rings. The van der Waals surface area contributed by atoms with Crippen LogP contribution in [0.4, 0.5) is 0 Å². The number of hydrogen-bond acceptors (Lipinski definition) is 3. The molecule has 1 amide bonds. The van der Waals surface area contributed by atoms with Gasteiger partial charge in [0.25, 0.3) is 5.91 Å². The molecule has 0 aromatic heterocycles. The molecule has 4 heteroatoms. The van der Waals surface area contributed by atoms with Crippen molar-refractivity contribution in [3.63, 3.8) is 0 Å². The summed E-state index contributed by atoms with van der Waals surface area (Å²) in [5.41, 5.74) is 5.86. The molecule has 2 atom stereocenters. The number of methoxy groups -OCH3 is 1. The van der Waals surface area contributed by atoms with Crippen molar-refractivity contribution in [3.8, 4) is 5.75 Å². The smallest absolute Gasteiger partial charge is 0.271 e. The van der Waals surface area contributed by atoms with Gasteiger partial charge < -0.3 is 4.74 Å². The van der Waals surface area contributed by atoms with E-state index >= 15 is 0 Å². The van der Waals surface area contributed by atoms with Gasteiger partial charge in [-0.25, -0.2) is 5.43 Å². The predicted molar refractivity (Wildman–Crippen MR) is 91.9 cm³/mol. The fourth-order valence-electron chi connectivity index (χ4n) is 4.24. The highest BCUT2D eigenvalue weighted by Gasteiger charge is 2.59. The molecule has 1 aromatic carbocycles. The van der Waals surface area contributed by atoms with Crippen molar-refractivity contribution >= 4 is 11.6 Å². The number of rotatable bonds is 3. The van der Waals surface area contributed by atoms with Crippen LogP contribution < -0.4 is 10.2 Å². The van der Waals surface area contributed by atoms with E-state index in [-0.39, 0.29) is 16.7 Å². The Bertz CT molecular complexity index is 678. The zero-order valence-electron chi connectivity index (χ0n) is 14.7. The Morgan fingerprint density at radius 2 is 2.09 bits per heavy atom. The van der Waals surface area contributed by atoms with Crippen LogP contribution >= 0.6 is 0 Å². The number of nitrogens with zero attached hydrogens (tertiary/aromatic N) is 1. The van der Waals surface area contributed by atoms with Crippen molar-refractivity contribution in [2.45, 2.75) is 47.0 Å². The highest BCUT2D eigenvalue weighted by Crippen LogP contribution is 2.63. The lowest BCUT2D eigenvalue weighted by Gasteiger charge is -2.34. The number of amides is 1. The topological polar surface area (TPSA) is 50.7 Å². The Morgan fingerprint density at radius 1 is 1.35 bits per heavy atom. The van der Waals surface area contributed by atoms with Gasteiger partial charge in [0.2, 0.25) is 0 Å². The summed E-state index contributed by atoms with van der Waals surface area (Å²) < 4.78 is 5.28. The van der Waals surface area contributed by atoms with Crippen LogP contribution in [0.1, 0.15) is 56.0 Å². The normalized spacial score (nSPS) is 29.8. The number of nitrogens with one attached hydrogen (secondary N) is 1. The minimum absolute atomic E-state index is 0.107.